The largest absolute Gasteiger partial charge is 0.508 e. The Kier molecular flexibility index (Phi) is 23.6. The molecule has 56 heavy (non-hydrogen) atoms. The summed E-state index contributed by atoms with van der Waals surface area (Å²) in [5.74, 6) is 0.223. The first-order valence-corrected chi connectivity index (χ1v) is 23.6. The Morgan fingerprint density at radius 2 is 1.05 bits per heavy atom. The molecule has 0 bridgehead atoms. The number of sulfone groups is 1. The van der Waals surface area contributed by atoms with Crippen molar-refractivity contribution in [1.29, 1.82) is 0 Å². The van der Waals surface area contributed by atoms with Crippen LogP contribution >= 0.6 is 0 Å². The molecule has 0 saturated heterocycles. The highest BCUT2D eigenvalue weighted by Crippen LogP contribution is 2.26. The number of hydrogen-bond donors (Lipinski definition) is 2. The number of ether oxygens (including phenoxy) is 2. The highest BCUT2D eigenvalue weighted by molar-refractivity contribution is 7.91. The Labute approximate surface area is 340 Å². The molecule has 0 saturated carbocycles. The molecule has 2 atom stereocenters. The molecule has 3 rings (SSSR count). The quantitative estimate of drug-likeness (QED) is 0.0611. The first-order chi connectivity index (χ1) is 27.3. The molecule has 0 fully saturated rings. The average molecular weight is 792 g/mol. The molecule has 0 aromatic heterocycles. The van der Waals surface area contributed by atoms with Crippen molar-refractivity contribution in [3.8, 4) is 11.5 Å². The number of aromatic hydroxyl groups is 1. The number of phenolic OH excluding ortho intramolecular Hbond substituents is 1. The first-order valence-electron chi connectivity index (χ1n) is 22.1. The fourth-order valence-electron chi connectivity index (χ4n) is 7.24. The van der Waals surface area contributed by atoms with Gasteiger partial charge in [-0.1, -0.05) is 135 Å². The van der Waals surface area contributed by atoms with Crippen LogP contribution in [0, 0.1) is 0 Å². The summed E-state index contributed by atoms with van der Waals surface area (Å²) in [6.45, 7) is 7.37. The summed E-state index contributed by atoms with van der Waals surface area (Å²) in [6.07, 6.45) is 27.1. The van der Waals surface area contributed by atoms with Gasteiger partial charge < -0.3 is 19.9 Å². The first kappa shape index (κ1) is 47.0. The number of benzene rings is 3. The van der Waals surface area contributed by atoms with Crippen LogP contribution in [0.2, 0.25) is 0 Å². The van der Waals surface area contributed by atoms with Crippen LogP contribution in [0.5, 0.6) is 11.5 Å². The van der Waals surface area contributed by atoms with Gasteiger partial charge in [0.2, 0.25) is 9.84 Å². The van der Waals surface area contributed by atoms with Crippen molar-refractivity contribution in [3.05, 3.63) is 78.4 Å². The van der Waals surface area contributed by atoms with Crippen molar-refractivity contribution in [2.24, 2.45) is 0 Å². The number of carbonyl (C=O) groups excluding carboxylic acids is 1. The second kappa shape index (κ2) is 28.1. The van der Waals surface area contributed by atoms with Crippen LogP contribution in [0.1, 0.15) is 168 Å². The minimum atomic E-state index is -3.77. The molecule has 3 aromatic rings. The Hall–Kier alpha value is -3.36. The molecule has 0 radical (unpaired) electrons. The molecule has 1 amide bonds. The third-order valence-corrected chi connectivity index (χ3v) is 12.5. The fourth-order valence-corrected chi connectivity index (χ4v) is 8.50. The predicted octanol–water partition coefficient (Wildman–Crippen LogP) is 13.2. The summed E-state index contributed by atoms with van der Waals surface area (Å²) in [7, 11) is -3.77. The summed E-state index contributed by atoms with van der Waals surface area (Å²) < 4.78 is 38.6. The van der Waals surface area contributed by atoms with Gasteiger partial charge in [-0.2, -0.15) is 0 Å². The van der Waals surface area contributed by atoms with Gasteiger partial charge >= 0.3 is 0 Å². The molecule has 0 aliphatic rings. The summed E-state index contributed by atoms with van der Waals surface area (Å²) in [6, 6.07) is 19.8. The number of carbonyl (C=O) groups is 1. The maximum atomic E-state index is 13.6. The van der Waals surface area contributed by atoms with E-state index >= 15 is 0 Å². The molecule has 2 unspecified atom stereocenters. The predicted molar refractivity (Wildman–Crippen MR) is 232 cm³/mol. The van der Waals surface area contributed by atoms with Crippen molar-refractivity contribution in [2.75, 3.05) is 11.9 Å². The van der Waals surface area contributed by atoms with Gasteiger partial charge in [-0.15, -0.1) is 0 Å². The van der Waals surface area contributed by atoms with Gasteiger partial charge in [-0.05, 0) is 112 Å². The van der Waals surface area contributed by atoms with E-state index in [1.807, 2.05) is 12.1 Å². The van der Waals surface area contributed by atoms with Crippen molar-refractivity contribution in [2.45, 2.75) is 190 Å². The van der Waals surface area contributed by atoms with E-state index in [1.54, 1.807) is 12.1 Å². The number of unbranched alkanes of at least 4 members (excludes halogenated alkanes) is 16. The molecule has 0 spiro atoms. The van der Waals surface area contributed by atoms with E-state index in [0.29, 0.717) is 18.3 Å². The van der Waals surface area contributed by atoms with Crippen LogP contribution in [0.3, 0.4) is 0 Å². The maximum absolute atomic E-state index is 13.6. The molecule has 8 heteroatoms. The van der Waals surface area contributed by atoms with Gasteiger partial charge in [0.15, 0.2) is 6.10 Å². The van der Waals surface area contributed by atoms with Crippen LogP contribution in [0.4, 0.5) is 5.69 Å². The van der Waals surface area contributed by atoms with Crippen LogP contribution in [0.15, 0.2) is 82.6 Å². The van der Waals surface area contributed by atoms with E-state index in [-0.39, 0.29) is 21.4 Å². The van der Waals surface area contributed by atoms with Crippen molar-refractivity contribution in [1.82, 2.24) is 0 Å². The van der Waals surface area contributed by atoms with Crippen molar-refractivity contribution < 1.29 is 27.8 Å². The summed E-state index contributed by atoms with van der Waals surface area (Å²) in [4.78, 5) is 13.8. The smallest absolute Gasteiger partial charge is 0.265 e. The summed E-state index contributed by atoms with van der Waals surface area (Å²) in [5, 5.41) is 12.6. The molecule has 0 aliphatic heterocycles. The highest BCUT2D eigenvalue weighted by atomic mass is 32.2. The van der Waals surface area contributed by atoms with Gasteiger partial charge in [-0.25, -0.2) is 8.42 Å². The number of amides is 1. The number of rotatable bonds is 32. The van der Waals surface area contributed by atoms with Gasteiger partial charge in [0.1, 0.15) is 11.5 Å². The number of anilines is 1. The standard InChI is InChI=1S/C48H73NO6S/c1-4-7-9-11-13-15-16-18-20-25-43(54-6-3)26-23-22-24-40-28-30-41(31-29-40)49-48(51)47(27-21-19-17-14-12-10-8-5-2)55-44-34-38-46(39-35-44)56(52,53)45-36-32-42(50)33-37-45/h28-39,43,47,50H,4-27H2,1-3H3,(H,49,51). The number of phenols is 1. The molecule has 0 heterocycles. The topological polar surface area (TPSA) is 102 Å². The molecule has 3 aromatic carbocycles. The Morgan fingerprint density at radius 1 is 0.589 bits per heavy atom. The van der Waals surface area contributed by atoms with Crippen molar-refractivity contribution in [3.63, 3.8) is 0 Å². The second-order valence-electron chi connectivity index (χ2n) is 15.5. The Morgan fingerprint density at radius 3 is 1.57 bits per heavy atom. The van der Waals surface area contributed by atoms with E-state index in [4.69, 9.17) is 9.47 Å². The van der Waals surface area contributed by atoms with Crippen LogP contribution in [-0.2, 0) is 25.8 Å². The molecule has 2 N–H and O–H groups in total. The highest BCUT2D eigenvalue weighted by Gasteiger charge is 2.22. The molecular formula is C48H73NO6S. The zero-order valence-electron chi connectivity index (χ0n) is 35.0. The lowest BCUT2D eigenvalue weighted by Crippen LogP contribution is -2.33. The molecular weight excluding hydrogens is 719 g/mol. The molecule has 312 valence electrons. The van der Waals surface area contributed by atoms with E-state index in [9.17, 15) is 18.3 Å². The third kappa shape index (κ3) is 18.7. The molecule has 7 nitrogen and oxygen atoms in total. The maximum Gasteiger partial charge on any atom is 0.265 e. The molecule has 0 aliphatic carbocycles. The minimum Gasteiger partial charge on any atom is -0.508 e. The Balaban J connectivity index is 1.49. The van der Waals surface area contributed by atoms with E-state index in [1.165, 1.54) is 132 Å². The fraction of sp³-hybridized carbons (Fsp3) is 0.604. The van der Waals surface area contributed by atoms with Gasteiger partial charge in [0.25, 0.3) is 5.91 Å². The zero-order chi connectivity index (χ0) is 40.3. The second-order valence-corrected chi connectivity index (χ2v) is 17.4. The third-order valence-electron chi connectivity index (χ3n) is 10.7. The Bertz CT molecular complexity index is 1560. The lowest BCUT2D eigenvalue weighted by Gasteiger charge is -2.19. The number of hydrogen-bond acceptors (Lipinski definition) is 6. The van der Waals surface area contributed by atoms with Crippen LogP contribution in [0.25, 0.3) is 0 Å². The summed E-state index contributed by atoms with van der Waals surface area (Å²) in [5.41, 5.74) is 1.99. The van der Waals surface area contributed by atoms with E-state index < -0.39 is 15.9 Å². The van der Waals surface area contributed by atoms with Gasteiger partial charge in [0, 0.05) is 12.3 Å². The van der Waals surface area contributed by atoms with Crippen molar-refractivity contribution >= 4 is 21.4 Å². The van der Waals surface area contributed by atoms with Gasteiger partial charge in [-0.3, -0.25) is 4.79 Å². The normalized spacial score (nSPS) is 12.7. The SMILES string of the molecule is CCCCCCCCCCCC(CCCCc1ccc(NC(=O)C(CCCCCCCCCC)Oc2ccc(S(=O)(=O)c3ccc(O)cc3)cc2)cc1)OCC. The van der Waals surface area contributed by atoms with Crippen LogP contribution in [-0.4, -0.2) is 38.2 Å². The van der Waals surface area contributed by atoms with E-state index in [0.717, 1.165) is 63.7 Å². The summed E-state index contributed by atoms with van der Waals surface area (Å²) >= 11 is 0. The monoisotopic (exact) mass is 792 g/mol. The van der Waals surface area contributed by atoms with E-state index in [2.05, 4.69) is 38.2 Å². The zero-order valence-corrected chi connectivity index (χ0v) is 35.8. The lowest BCUT2D eigenvalue weighted by molar-refractivity contribution is -0.123. The van der Waals surface area contributed by atoms with Gasteiger partial charge in [0.05, 0.1) is 15.9 Å². The minimum absolute atomic E-state index is 0.000961. The average Bonchev–Trinajstić information content (AvgIpc) is 3.20. The lowest BCUT2D eigenvalue weighted by atomic mass is 10.0. The van der Waals surface area contributed by atoms with Crippen LogP contribution < -0.4 is 10.1 Å². The number of aryl methyl sites for hydroxylation is 1. The number of nitrogens with one attached hydrogen (secondary N) is 1.